The zero-order valence-electron chi connectivity index (χ0n) is 4.66. The van der Waals surface area contributed by atoms with Gasteiger partial charge in [-0.2, -0.15) is 0 Å². The molecule has 0 aromatic rings. The van der Waals surface area contributed by atoms with E-state index in [1.807, 2.05) is 0 Å². The van der Waals surface area contributed by atoms with Crippen LogP contribution in [-0.4, -0.2) is 17.2 Å². The number of aliphatic hydroxyl groups is 1. The highest BCUT2D eigenvalue weighted by atomic mass is 16.3. The topological polar surface area (TPSA) is 51.4 Å². The van der Waals surface area contributed by atoms with Gasteiger partial charge in [-0.25, -0.2) is 5.32 Å². The second-order valence-electron chi connectivity index (χ2n) is 1.30. The first kappa shape index (κ1) is 7.17. The third-order valence-corrected chi connectivity index (χ3v) is 0.525. The highest BCUT2D eigenvalue weighted by molar-refractivity contribution is 5.72. The molecular formula is C5H8NO2. The van der Waals surface area contributed by atoms with Gasteiger partial charge >= 0.3 is 0 Å². The molecule has 8 heavy (non-hydrogen) atoms. The summed E-state index contributed by atoms with van der Waals surface area (Å²) in [7, 11) is 0. The molecule has 3 heteroatoms. The minimum atomic E-state index is -1.03. The van der Waals surface area contributed by atoms with Crippen LogP contribution in [0.2, 0.25) is 0 Å². The number of carbonyl (C=O) groups is 1. The first-order valence-corrected chi connectivity index (χ1v) is 2.19. The van der Waals surface area contributed by atoms with Crippen molar-refractivity contribution in [2.24, 2.45) is 0 Å². The highest BCUT2D eigenvalue weighted by Crippen LogP contribution is 1.77. The molecule has 1 radical (unpaired) electrons. The molecule has 45 valence electrons. The number of carbonyl (C=O) groups excluding carboxylic acids is 1. The maximum absolute atomic E-state index is 10.0. The summed E-state index contributed by atoms with van der Waals surface area (Å²) >= 11 is 0. The summed E-state index contributed by atoms with van der Waals surface area (Å²) in [5, 5.41) is 11.7. The minimum absolute atomic E-state index is 0.391. The Hall–Kier alpha value is -0.830. The molecule has 0 saturated carbocycles. The third kappa shape index (κ3) is 3.36. The Morgan fingerprint density at radius 3 is 2.62 bits per heavy atom. The Morgan fingerprint density at radius 1 is 2.00 bits per heavy atom. The van der Waals surface area contributed by atoms with Crippen LogP contribution in [0.25, 0.3) is 0 Å². The van der Waals surface area contributed by atoms with E-state index >= 15 is 0 Å². The summed E-state index contributed by atoms with van der Waals surface area (Å²) in [6, 6.07) is 0. The summed E-state index contributed by atoms with van der Waals surface area (Å²) in [4.78, 5) is 10.0. The largest absolute Gasteiger partial charge is 0.368 e. The van der Waals surface area contributed by atoms with E-state index in [0.717, 1.165) is 0 Å². The van der Waals surface area contributed by atoms with Crippen molar-refractivity contribution in [2.75, 3.05) is 0 Å². The lowest BCUT2D eigenvalue weighted by Gasteiger charge is -1.98. The fourth-order valence-electron chi connectivity index (χ4n) is 0.239. The van der Waals surface area contributed by atoms with E-state index < -0.39 is 12.1 Å². The molecule has 0 saturated heterocycles. The van der Waals surface area contributed by atoms with Gasteiger partial charge in [0, 0.05) is 6.92 Å². The number of aliphatic hydroxyl groups excluding tert-OH is 1. The van der Waals surface area contributed by atoms with Gasteiger partial charge in [-0.15, -0.1) is 0 Å². The van der Waals surface area contributed by atoms with Crippen molar-refractivity contribution in [3.05, 3.63) is 12.7 Å². The summed E-state index contributed by atoms with van der Waals surface area (Å²) in [5.74, 6) is -0.391. The Bertz CT molecular complexity index is 101. The van der Waals surface area contributed by atoms with Crippen LogP contribution in [0.5, 0.6) is 0 Å². The summed E-state index contributed by atoms with van der Waals surface area (Å²) in [5.41, 5.74) is 0. The smallest absolute Gasteiger partial charge is 0.240 e. The highest BCUT2D eigenvalue weighted by Gasteiger charge is 1.99. The van der Waals surface area contributed by atoms with Gasteiger partial charge in [0.05, 0.1) is 0 Å². The molecule has 0 aliphatic carbocycles. The van der Waals surface area contributed by atoms with Gasteiger partial charge in [0.25, 0.3) is 0 Å². The van der Waals surface area contributed by atoms with E-state index in [0.29, 0.717) is 0 Å². The van der Waals surface area contributed by atoms with Crippen molar-refractivity contribution in [1.82, 2.24) is 5.32 Å². The van der Waals surface area contributed by atoms with Crippen molar-refractivity contribution in [2.45, 2.75) is 13.2 Å². The van der Waals surface area contributed by atoms with Crippen LogP contribution in [0.4, 0.5) is 0 Å². The van der Waals surface area contributed by atoms with Crippen LogP contribution in [-0.2, 0) is 4.79 Å². The predicted molar refractivity (Wildman–Crippen MR) is 29.0 cm³/mol. The number of nitrogens with zero attached hydrogens (tertiary/aromatic N) is 1. The number of hydrogen-bond donors (Lipinski definition) is 1. The lowest BCUT2D eigenvalue weighted by molar-refractivity contribution is -0.121. The van der Waals surface area contributed by atoms with E-state index in [1.165, 1.54) is 13.0 Å². The Labute approximate surface area is 48.0 Å². The normalized spacial score (nSPS) is 12.2. The molecule has 0 aliphatic rings. The molecule has 0 spiro atoms. The van der Waals surface area contributed by atoms with Gasteiger partial charge in [-0.05, 0) is 6.08 Å². The number of rotatable bonds is 2. The van der Waals surface area contributed by atoms with Crippen molar-refractivity contribution >= 4 is 5.91 Å². The number of hydrogen-bond acceptors (Lipinski definition) is 2. The van der Waals surface area contributed by atoms with Gasteiger partial charge < -0.3 is 5.11 Å². The molecule has 0 rings (SSSR count). The molecule has 1 atom stereocenters. The van der Waals surface area contributed by atoms with Crippen LogP contribution in [0, 0.1) is 0 Å². The SMILES string of the molecule is C=CC(O)[N]C(C)=O. The van der Waals surface area contributed by atoms with E-state index in [1.54, 1.807) is 0 Å². The maximum Gasteiger partial charge on any atom is 0.240 e. The fraction of sp³-hybridized carbons (Fsp3) is 0.400. The van der Waals surface area contributed by atoms with E-state index in [-0.39, 0.29) is 0 Å². The van der Waals surface area contributed by atoms with Crippen LogP contribution in [0.15, 0.2) is 12.7 Å². The molecule has 1 amide bonds. The Morgan fingerprint density at radius 2 is 2.50 bits per heavy atom. The van der Waals surface area contributed by atoms with Crippen molar-refractivity contribution in [3.8, 4) is 0 Å². The third-order valence-electron chi connectivity index (χ3n) is 0.525. The summed E-state index contributed by atoms with van der Waals surface area (Å²) in [6.07, 6.45) is 0.147. The summed E-state index contributed by atoms with van der Waals surface area (Å²) in [6.45, 7) is 4.49. The molecule has 1 N–H and O–H groups in total. The molecule has 0 aliphatic heterocycles. The molecule has 0 aromatic heterocycles. The van der Waals surface area contributed by atoms with Gasteiger partial charge in [0.1, 0.15) is 0 Å². The van der Waals surface area contributed by atoms with Gasteiger partial charge in [0.15, 0.2) is 6.23 Å². The fourth-order valence-corrected chi connectivity index (χ4v) is 0.239. The first-order chi connectivity index (χ1) is 3.66. The lowest BCUT2D eigenvalue weighted by atomic mass is 10.5. The average Bonchev–Trinajstić information content (AvgIpc) is 1.65. The standard InChI is InChI=1S/C5H8NO2/c1-3-5(8)6-4(2)7/h3,5,8H,1H2,2H3. The zero-order chi connectivity index (χ0) is 6.57. The molecule has 0 fully saturated rings. The molecule has 0 heterocycles. The molecule has 3 nitrogen and oxygen atoms in total. The van der Waals surface area contributed by atoms with Gasteiger partial charge in [-0.1, -0.05) is 6.58 Å². The predicted octanol–water partition coefficient (Wildman–Crippen LogP) is -0.358. The average molecular weight is 114 g/mol. The second-order valence-corrected chi connectivity index (χ2v) is 1.30. The zero-order valence-corrected chi connectivity index (χ0v) is 4.66. The lowest BCUT2D eigenvalue weighted by Crippen LogP contribution is -2.22. The van der Waals surface area contributed by atoms with E-state index in [4.69, 9.17) is 5.11 Å². The van der Waals surface area contributed by atoms with E-state index in [9.17, 15) is 4.79 Å². The van der Waals surface area contributed by atoms with Crippen LogP contribution in [0.1, 0.15) is 6.92 Å². The van der Waals surface area contributed by atoms with Gasteiger partial charge in [0.2, 0.25) is 5.91 Å². The molecular weight excluding hydrogens is 106 g/mol. The molecule has 0 bridgehead atoms. The van der Waals surface area contributed by atoms with Crippen LogP contribution in [0.3, 0.4) is 0 Å². The maximum atomic E-state index is 10.0. The minimum Gasteiger partial charge on any atom is -0.368 e. The van der Waals surface area contributed by atoms with Crippen molar-refractivity contribution in [1.29, 1.82) is 0 Å². The van der Waals surface area contributed by atoms with Gasteiger partial charge in [-0.3, -0.25) is 4.79 Å². The number of amides is 1. The van der Waals surface area contributed by atoms with Crippen LogP contribution < -0.4 is 5.32 Å². The molecule has 0 aromatic carbocycles. The quantitative estimate of drug-likeness (QED) is 0.498. The summed E-state index contributed by atoms with van der Waals surface area (Å²) < 4.78 is 0. The van der Waals surface area contributed by atoms with Crippen LogP contribution >= 0.6 is 0 Å². The Balaban J connectivity index is 3.38. The monoisotopic (exact) mass is 114 g/mol. The Kier molecular flexibility index (Phi) is 2.88. The first-order valence-electron chi connectivity index (χ1n) is 2.19. The molecule has 1 unspecified atom stereocenters. The van der Waals surface area contributed by atoms with E-state index in [2.05, 4.69) is 11.9 Å². The second kappa shape index (κ2) is 3.21. The van der Waals surface area contributed by atoms with Crippen molar-refractivity contribution < 1.29 is 9.90 Å². The van der Waals surface area contributed by atoms with Crippen molar-refractivity contribution in [3.63, 3.8) is 0 Å².